The second kappa shape index (κ2) is 2.50. The Morgan fingerprint density at radius 3 is 3.08 bits per heavy atom. The number of nitrogens with zero attached hydrogens (tertiary/aromatic N) is 2. The quantitative estimate of drug-likeness (QED) is 0.539. The largest absolute Gasteiger partial charge is 0.264 e. The molecule has 0 bridgehead atoms. The number of thiophene rings is 1. The molecule has 0 saturated carbocycles. The third kappa shape index (κ3) is 0.939. The Labute approximate surface area is 78.9 Å². The van der Waals surface area contributed by atoms with E-state index in [1.807, 2.05) is 30.7 Å². The smallest absolute Gasteiger partial charge is 0.124 e. The minimum Gasteiger partial charge on any atom is -0.264 e. The highest BCUT2D eigenvalue weighted by Crippen LogP contribution is 2.30. The monoisotopic (exact) mass is 186 g/mol. The Hall–Kier alpha value is -1.48. The van der Waals surface area contributed by atoms with E-state index in [-0.39, 0.29) is 0 Å². The van der Waals surface area contributed by atoms with Crippen molar-refractivity contribution in [1.29, 1.82) is 0 Å². The summed E-state index contributed by atoms with van der Waals surface area (Å²) in [5.74, 6) is 0. The van der Waals surface area contributed by atoms with Gasteiger partial charge in [-0.15, -0.1) is 11.3 Å². The zero-order valence-corrected chi connectivity index (χ0v) is 7.58. The summed E-state index contributed by atoms with van der Waals surface area (Å²) >= 11 is 1.71. The summed E-state index contributed by atoms with van der Waals surface area (Å²) < 4.78 is 1.25. The molecule has 0 aliphatic carbocycles. The van der Waals surface area contributed by atoms with Crippen molar-refractivity contribution < 1.29 is 0 Å². The van der Waals surface area contributed by atoms with Gasteiger partial charge in [-0.05, 0) is 18.2 Å². The molecule has 13 heavy (non-hydrogen) atoms. The summed E-state index contributed by atoms with van der Waals surface area (Å²) in [4.78, 5) is 9.51. The van der Waals surface area contributed by atoms with E-state index in [0.717, 1.165) is 4.83 Å². The van der Waals surface area contributed by atoms with Crippen LogP contribution in [0.3, 0.4) is 0 Å². The molecule has 0 atom stereocenters. The minimum atomic E-state index is 1.09. The molecule has 3 aromatic rings. The van der Waals surface area contributed by atoms with E-state index in [9.17, 15) is 0 Å². The Kier molecular flexibility index (Phi) is 1.34. The van der Waals surface area contributed by atoms with Gasteiger partial charge >= 0.3 is 0 Å². The Morgan fingerprint density at radius 2 is 2.08 bits per heavy atom. The molecule has 3 rings (SSSR count). The van der Waals surface area contributed by atoms with Crippen molar-refractivity contribution in [3.8, 4) is 0 Å². The molecular weight excluding hydrogens is 180 g/mol. The predicted octanol–water partition coefficient (Wildman–Crippen LogP) is 2.84. The van der Waals surface area contributed by atoms with Crippen molar-refractivity contribution >= 4 is 31.6 Å². The average molecular weight is 186 g/mol. The van der Waals surface area contributed by atoms with Crippen LogP contribution in [0.25, 0.3) is 20.3 Å². The van der Waals surface area contributed by atoms with Crippen molar-refractivity contribution in [3.05, 3.63) is 36.8 Å². The van der Waals surface area contributed by atoms with E-state index in [1.165, 1.54) is 15.5 Å². The van der Waals surface area contributed by atoms with E-state index in [1.54, 1.807) is 11.3 Å². The topological polar surface area (TPSA) is 25.8 Å². The van der Waals surface area contributed by atoms with Crippen LogP contribution in [-0.2, 0) is 0 Å². The lowest BCUT2D eigenvalue weighted by molar-refractivity contribution is 1.37. The van der Waals surface area contributed by atoms with Gasteiger partial charge < -0.3 is 0 Å². The number of rotatable bonds is 0. The highest BCUT2D eigenvalue weighted by atomic mass is 32.1. The molecule has 2 nitrogen and oxygen atoms in total. The second-order valence-electron chi connectivity index (χ2n) is 2.83. The van der Waals surface area contributed by atoms with Crippen LogP contribution < -0.4 is 0 Å². The van der Waals surface area contributed by atoms with E-state index in [4.69, 9.17) is 0 Å². The fourth-order valence-electron chi connectivity index (χ4n) is 1.45. The average Bonchev–Trinajstić information content (AvgIpc) is 2.56. The molecule has 0 saturated heterocycles. The first-order chi connectivity index (χ1) is 6.45. The fourth-order valence-corrected chi connectivity index (χ4v) is 2.47. The lowest BCUT2D eigenvalue weighted by Crippen LogP contribution is -1.70. The molecule has 0 aliphatic rings. The van der Waals surface area contributed by atoms with Crippen LogP contribution in [0.5, 0.6) is 0 Å². The van der Waals surface area contributed by atoms with Crippen LogP contribution in [0.15, 0.2) is 36.8 Å². The molecule has 0 N–H and O–H groups in total. The Morgan fingerprint density at radius 1 is 1.08 bits per heavy atom. The molecule has 3 aromatic heterocycles. The first-order valence-corrected chi connectivity index (χ1v) is 4.84. The molecule has 0 radical (unpaired) electrons. The Bertz CT molecular complexity index is 521. The lowest BCUT2D eigenvalue weighted by atomic mass is 10.2. The van der Waals surface area contributed by atoms with Crippen LogP contribution in [0, 0.1) is 0 Å². The highest BCUT2D eigenvalue weighted by molar-refractivity contribution is 7.25. The molecule has 0 unspecified atom stereocenters. The molecule has 0 aliphatic heterocycles. The van der Waals surface area contributed by atoms with Crippen LogP contribution in [0.2, 0.25) is 0 Å². The fraction of sp³-hybridized carbons (Fsp3) is 0. The Balaban J connectivity index is 2.64. The van der Waals surface area contributed by atoms with Gasteiger partial charge in [-0.2, -0.15) is 0 Å². The van der Waals surface area contributed by atoms with Gasteiger partial charge in [-0.25, -0.2) is 4.98 Å². The summed E-state index contributed by atoms with van der Waals surface area (Å²) in [5, 5.41) is 2.41. The zero-order valence-electron chi connectivity index (χ0n) is 6.77. The predicted molar refractivity (Wildman–Crippen MR) is 54.9 cm³/mol. The van der Waals surface area contributed by atoms with Crippen molar-refractivity contribution in [3.63, 3.8) is 0 Å². The van der Waals surface area contributed by atoms with Crippen molar-refractivity contribution in [2.75, 3.05) is 0 Å². The maximum absolute atomic E-state index is 4.31. The van der Waals surface area contributed by atoms with Crippen molar-refractivity contribution in [2.24, 2.45) is 0 Å². The molecule has 0 spiro atoms. The van der Waals surface area contributed by atoms with Gasteiger partial charge in [0.1, 0.15) is 4.83 Å². The van der Waals surface area contributed by atoms with Gasteiger partial charge in [0.15, 0.2) is 0 Å². The number of aromatic nitrogens is 2. The molecule has 62 valence electrons. The summed E-state index contributed by atoms with van der Waals surface area (Å²) in [6, 6.07) is 6.08. The minimum absolute atomic E-state index is 1.09. The number of fused-ring (bicyclic) bond motifs is 3. The summed E-state index contributed by atoms with van der Waals surface area (Å²) in [5.41, 5.74) is 0. The highest BCUT2D eigenvalue weighted by Gasteiger charge is 2.03. The summed E-state index contributed by atoms with van der Waals surface area (Å²) in [6.07, 6.45) is 5.54. The third-order valence-corrected chi connectivity index (χ3v) is 3.14. The first kappa shape index (κ1) is 6.97. The van der Waals surface area contributed by atoms with Gasteiger partial charge in [-0.3, -0.25) is 4.98 Å². The van der Waals surface area contributed by atoms with Crippen LogP contribution >= 0.6 is 11.3 Å². The normalized spacial score (nSPS) is 11.1. The molecular formula is C10H6N2S. The zero-order chi connectivity index (χ0) is 8.67. The van der Waals surface area contributed by atoms with Gasteiger partial charge in [0.25, 0.3) is 0 Å². The SMILES string of the molecule is c1cnc2sc3ccncc3c2c1. The van der Waals surface area contributed by atoms with Crippen LogP contribution in [-0.4, -0.2) is 9.97 Å². The molecule has 0 fully saturated rings. The third-order valence-electron chi connectivity index (χ3n) is 2.05. The first-order valence-electron chi connectivity index (χ1n) is 4.02. The van der Waals surface area contributed by atoms with Gasteiger partial charge in [0, 0.05) is 34.1 Å². The van der Waals surface area contributed by atoms with Crippen LogP contribution in [0.1, 0.15) is 0 Å². The van der Waals surface area contributed by atoms with E-state index >= 15 is 0 Å². The number of hydrogen-bond donors (Lipinski definition) is 0. The number of pyridine rings is 2. The standard InChI is InChI=1S/C10H6N2S/c1-2-7-8-6-11-5-3-9(8)13-10(7)12-4-1/h1-6H. The van der Waals surface area contributed by atoms with Crippen LogP contribution in [0.4, 0.5) is 0 Å². The van der Waals surface area contributed by atoms with Crippen molar-refractivity contribution in [1.82, 2.24) is 9.97 Å². The van der Waals surface area contributed by atoms with Gasteiger partial charge in [0.05, 0.1) is 0 Å². The van der Waals surface area contributed by atoms with Gasteiger partial charge in [0.2, 0.25) is 0 Å². The number of hydrogen-bond acceptors (Lipinski definition) is 3. The molecule has 0 amide bonds. The molecule has 0 aromatic carbocycles. The summed E-state index contributed by atoms with van der Waals surface area (Å²) in [7, 11) is 0. The summed E-state index contributed by atoms with van der Waals surface area (Å²) in [6.45, 7) is 0. The van der Waals surface area contributed by atoms with Gasteiger partial charge in [-0.1, -0.05) is 0 Å². The maximum Gasteiger partial charge on any atom is 0.124 e. The molecule has 3 heterocycles. The van der Waals surface area contributed by atoms with E-state index in [2.05, 4.69) is 16.0 Å². The second-order valence-corrected chi connectivity index (χ2v) is 3.86. The van der Waals surface area contributed by atoms with E-state index in [0.29, 0.717) is 0 Å². The van der Waals surface area contributed by atoms with Crippen molar-refractivity contribution in [2.45, 2.75) is 0 Å². The lowest BCUT2D eigenvalue weighted by Gasteiger charge is -1.87. The maximum atomic E-state index is 4.31. The molecule has 3 heteroatoms. The van der Waals surface area contributed by atoms with E-state index < -0.39 is 0 Å².